The lowest BCUT2D eigenvalue weighted by molar-refractivity contribution is 0.101. The second kappa shape index (κ2) is 6.69. The molecule has 0 aliphatic heterocycles. The number of benzene rings is 1. The van der Waals surface area contributed by atoms with Crippen molar-refractivity contribution >= 4 is 15.9 Å². The number of aryl methyl sites for hydroxylation is 1. The third kappa shape index (κ3) is 4.08. The number of hydrogen-bond donors (Lipinski definition) is 2. The van der Waals surface area contributed by atoms with Crippen molar-refractivity contribution in [3.05, 3.63) is 33.8 Å². The van der Waals surface area contributed by atoms with E-state index in [-0.39, 0.29) is 6.10 Å². The fraction of sp³-hybridized carbons (Fsp3) is 0.600. The average molecular weight is 312 g/mol. The molecule has 0 radical (unpaired) electrons. The standard InChI is InChI=1S/C15H22BrNO/c1-11-5-6-13(8-15(11)16)10-17-9-12-3-2-4-14(18)7-12/h5-6,8,12,14,17-18H,2-4,7,9-10H2,1H3. The maximum Gasteiger partial charge on any atom is 0.0543 e. The molecule has 2 unspecified atom stereocenters. The maximum absolute atomic E-state index is 9.63. The average Bonchev–Trinajstić information content (AvgIpc) is 2.34. The van der Waals surface area contributed by atoms with Gasteiger partial charge in [-0.25, -0.2) is 0 Å². The summed E-state index contributed by atoms with van der Waals surface area (Å²) in [6, 6.07) is 6.49. The van der Waals surface area contributed by atoms with Crippen LogP contribution >= 0.6 is 15.9 Å². The fourth-order valence-corrected chi connectivity index (χ4v) is 3.04. The molecule has 0 amide bonds. The fourth-order valence-electron chi connectivity index (χ4n) is 2.61. The van der Waals surface area contributed by atoms with E-state index < -0.39 is 0 Å². The molecule has 18 heavy (non-hydrogen) atoms. The lowest BCUT2D eigenvalue weighted by Gasteiger charge is -2.26. The first-order valence-electron chi connectivity index (χ1n) is 6.79. The minimum atomic E-state index is -0.0703. The van der Waals surface area contributed by atoms with E-state index >= 15 is 0 Å². The third-order valence-corrected chi connectivity index (χ3v) is 4.61. The molecule has 3 heteroatoms. The van der Waals surface area contributed by atoms with Crippen LogP contribution in [0.25, 0.3) is 0 Å². The number of aliphatic hydroxyl groups is 1. The Morgan fingerprint density at radius 1 is 1.39 bits per heavy atom. The highest BCUT2D eigenvalue weighted by Crippen LogP contribution is 2.23. The van der Waals surface area contributed by atoms with Crippen molar-refractivity contribution in [2.24, 2.45) is 5.92 Å². The Morgan fingerprint density at radius 2 is 2.22 bits per heavy atom. The number of nitrogens with one attached hydrogen (secondary N) is 1. The minimum absolute atomic E-state index is 0.0703. The van der Waals surface area contributed by atoms with Gasteiger partial charge < -0.3 is 10.4 Å². The summed E-state index contributed by atoms with van der Waals surface area (Å²) in [6.07, 6.45) is 4.30. The van der Waals surface area contributed by atoms with Gasteiger partial charge in [0, 0.05) is 11.0 Å². The van der Waals surface area contributed by atoms with Crippen molar-refractivity contribution in [3.63, 3.8) is 0 Å². The summed E-state index contributed by atoms with van der Waals surface area (Å²) in [5, 5.41) is 13.1. The van der Waals surface area contributed by atoms with Crippen LogP contribution in [0.1, 0.15) is 36.8 Å². The van der Waals surface area contributed by atoms with Gasteiger partial charge in [-0.1, -0.05) is 34.5 Å². The monoisotopic (exact) mass is 311 g/mol. The van der Waals surface area contributed by atoms with E-state index in [2.05, 4.69) is 46.4 Å². The van der Waals surface area contributed by atoms with Crippen molar-refractivity contribution in [2.45, 2.75) is 45.3 Å². The molecular formula is C15H22BrNO. The number of aliphatic hydroxyl groups excluding tert-OH is 1. The van der Waals surface area contributed by atoms with Gasteiger partial charge in [-0.2, -0.15) is 0 Å². The molecule has 2 rings (SSSR count). The summed E-state index contributed by atoms with van der Waals surface area (Å²) in [5.41, 5.74) is 2.58. The van der Waals surface area contributed by atoms with E-state index in [0.29, 0.717) is 5.92 Å². The third-order valence-electron chi connectivity index (χ3n) is 3.75. The van der Waals surface area contributed by atoms with Gasteiger partial charge in [0.25, 0.3) is 0 Å². The van der Waals surface area contributed by atoms with Gasteiger partial charge >= 0.3 is 0 Å². The summed E-state index contributed by atoms with van der Waals surface area (Å²) < 4.78 is 1.18. The molecule has 0 bridgehead atoms. The van der Waals surface area contributed by atoms with Crippen LogP contribution in [0.2, 0.25) is 0 Å². The van der Waals surface area contributed by atoms with Crippen molar-refractivity contribution in [3.8, 4) is 0 Å². The Kier molecular flexibility index (Phi) is 5.22. The van der Waals surface area contributed by atoms with Gasteiger partial charge in [-0.3, -0.25) is 0 Å². The van der Waals surface area contributed by atoms with Crippen LogP contribution in [-0.4, -0.2) is 17.8 Å². The highest BCUT2D eigenvalue weighted by Gasteiger charge is 2.19. The van der Waals surface area contributed by atoms with Gasteiger partial charge in [0.2, 0.25) is 0 Å². The minimum Gasteiger partial charge on any atom is -0.393 e. The second-order valence-electron chi connectivity index (χ2n) is 5.40. The Balaban J connectivity index is 1.76. The zero-order chi connectivity index (χ0) is 13.0. The van der Waals surface area contributed by atoms with Crippen LogP contribution in [0.5, 0.6) is 0 Å². The Hall–Kier alpha value is -0.380. The summed E-state index contributed by atoms with van der Waals surface area (Å²) in [7, 11) is 0. The molecule has 100 valence electrons. The number of halogens is 1. The summed E-state index contributed by atoms with van der Waals surface area (Å²) in [5.74, 6) is 0.641. The van der Waals surface area contributed by atoms with Gasteiger partial charge in [-0.15, -0.1) is 0 Å². The molecule has 0 heterocycles. The van der Waals surface area contributed by atoms with Crippen molar-refractivity contribution in [1.29, 1.82) is 0 Å². The quantitative estimate of drug-likeness (QED) is 0.893. The van der Waals surface area contributed by atoms with Gasteiger partial charge in [-0.05, 0) is 55.8 Å². The van der Waals surface area contributed by atoms with Gasteiger partial charge in [0.15, 0.2) is 0 Å². The van der Waals surface area contributed by atoms with E-state index in [1.807, 2.05) is 0 Å². The predicted molar refractivity (Wildman–Crippen MR) is 78.6 cm³/mol. The predicted octanol–water partition coefficient (Wildman–Crippen LogP) is 3.40. The molecular weight excluding hydrogens is 290 g/mol. The van der Waals surface area contributed by atoms with Crippen LogP contribution in [0.3, 0.4) is 0 Å². The number of hydrogen-bond acceptors (Lipinski definition) is 2. The van der Waals surface area contributed by atoms with E-state index in [4.69, 9.17) is 0 Å². The van der Waals surface area contributed by atoms with Crippen molar-refractivity contribution in [1.82, 2.24) is 5.32 Å². The Bertz CT molecular complexity index is 394. The zero-order valence-electron chi connectivity index (χ0n) is 11.0. The molecule has 1 aromatic rings. The molecule has 2 atom stereocenters. The molecule has 1 aliphatic rings. The largest absolute Gasteiger partial charge is 0.393 e. The molecule has 2 N–H and O–H groups in total. The van der Waals surface area contributed by atoms with E-state index in [0.717, 1.165) is 25.9 Å². The van der Waals surface area contributed by atoms with Crippen LogP contribution in [-0.2, 0) is 6.54 Å². The molecule has 0 saturated heterocycles. The van der Waals surface area contributed by atoms with Crippen LogP contribution in [0.4, 0.5) is 0 Å². The molecule has 1 aliphatic carbocycles. The molecule has 0 aromatic heterocycles. The second-order valence-corrected chi connectivity index (χ2v) is 6.26. The van der Waals surface area contributed by atoms with Crippen LogP contribution in [0.15, 0.2) is 22.7 Å². The summed E-state index contributed by atoms with van der Waals surface area (Å²) >= 11 is 3.56. The van der Waals surface area contributed by atoms with Crippen molar-refractivity contribution < 1.29 is 5.11 Å². The SMILES string of the molecule is Cc1ccc(CNCC2CCCC(O)C2)cc1Br. The highest BCUT2D eigenvalue weighted by atomic mass is 79.9. The van der Waals surface area contributed by atoms with Gasteiger partial charge in [0.1, 0.15) is 0 Å². The lowest BCUT2D eigenvalue weighted by Crippen LogP contribution is -2.28. The molecule has 2 nitrogen and oxygen atoms in total. The molecule has 1 fully saturated rings. The van der Waals surface area contributed by atoms with Crippen LogP contribution in [0, 0.1) is 12.8 Å². The maximum atomic E-state index is 9.63. The summed E-state index contributed by atoms with van der Waals surface area (Å²) in [6.45, 7) is 4.03. The first kappa shape index (κ1) is 14.0. The topological polar surface area (TPSA) is 32.3 Å². The Labute approximate surface area is 118 Å². The first-order chi connectivity index (χ1) is 8.65. The van der Waals surface area contributed by atoms with Crippen molar-refractivity contribution in [2.75, 3.05) is 6.54 Å². The summed E-state index contributed by atoms with van der Waals surface area (Å²) in [4.78, 5) is 0. The van der Waals surface area contributed by atoms with Crippen LogP contribution < -0.4 is 5.32 Å². The highest BCUT2D eigenvalue weighted by molar-refractivity contribution is 9.10. The molecule has 0 spiro atoms. The molecule has 1 saturated carbocycles. The van der Waals surface area contributed by atoms with E-state index in [1.54, 1.807) is 0 Å². The van der Waals surface area contributed by atoms with E-state index in [1.165, 1.54) is 28.4 Å². The zero-order valence-corrected chi connectivity index (χ0v) is 12.5. The lowest BCUT2D eigenvalue weighted by atomic mass is 9.87. The smallest absolute Gasteiger partial charge is 0.0543 e. The first-order valence-corrected chi connectivity index (χ1v) is 7.58. The normalized spacial score (nSPS) is 24.2. The van der Waals surface area contributed by atoms with E-state index in [9.17, 15) is 5.11 Å². The molecule has 1 aromatic carbocycles. The Morgan fingerprint density at radius 3 is 2.94 bits per heavy atom. The number of rotatable bonds is 4. The van der Waals surface area contributed by atoms with Gasteiger partial charge in [0.05, 0.1) is 6.10 Å².